The van der Waals surface area contributed by atoms with Crippen LogP contribution < -0.4 is 5.32 Å². The third-order valence-electron chi connectivity index (χ3n) is 1.85. The molecule has 0 aliphatic heterocycles. The van der Waals surface area contributed by atoms with Crippen molar-refractivity contribution in [1.29, 1.82) is 0 Å². The van der Waals surface area contributed by atoms with Gasteiger partial charge >= 0.3 is 0 Å². The summed E-state index contributed by atoms with van der Waals surface area (Å²) < 4.78 is 1.74. The predicted octanol–water partition coefficient (Wildman–Crippen LogP) is 0.996. The molecule has 15 heavy (non-hydrogen) atoms. The molecule has 0 fully saturated rings. The summed E-state index contributed by atoms with van der Waals surface area (Å²) in [6.07, 6.45) is 6.60. The van der Waals surface area contributed by atoms with Crippen LogP contribution in [0.1, 0.15) is 6.92 Å². The molecule has 0 aliphatic rings. The lowest BCUT2D eigenvalue weighted by molar-refractivity contribution is -0.118. The van der Waals surface area contributed by atoms with Crippen LogP contribution in [0.5, 0.6) is 0 Å². The van der Waals surface area contributed by atoms with Gasteiger partial charge in [-0.05, 0) is 12.1 Å². The maximum atomic E-state index is 10.6. The molecule has 0 saturated carbocycles. The smallest absolute Gasteiger partial charge is 0.220 e. The van der Waals surface area contributed by atoms with E-state index < -0.39 is 0 Å². The van der Waals surface area contributed by atoms with Gasteiger partial charge in [0.05, 0.1) is 0 Å². The first kappa shape index (κ1) is 9.39. The van der Waals surface area contributed by atoms with Gasteiger partial charge in [0.25, 0.3) is 0 Å². The first-order valence-corrected chi connectivity index (χ1v) is 4.49. The van der Waals surface area contributed by atoms with Crippen molar-refractivity contribution < 1.29 is 4.79 Å². The number of amides is 1. The molecule has 5 nitrogen and oxygen atoms in total. The Morgan fingerprint density at radius 1 is 1.53 bits per heavy atom. The fourth-order valence-electron chi connectivity index (χ4n) is 1.21. The van der Waals surface area contributed by atoms with Crippen LogP contribution in [-0.2, 0) is 4.79 Å². The van der Waals surface area contributed by atoms with Gasteiger partial charge in [-0.3, -0.25) is 9.36 Å². The summed E-state index contributed by atoms with van der Waals surface area (Å²) >= 11 is 0. The van der Waals surface area contributed by atoms with E-state index in [1.807, 2.05) is 12.1 Å². The number of hydrogen-bond donors (Lipinski definition) is 1. The second-order valence-corrected chi connectivity index (χ2v) is 3.01. The zero-order valence-corrected chi connectivity index (χ0v) is 8.21. The summed E-state index contributed by atoms with van der Waals surface area (Å²) in [5.41, 5.74) is 1.59. The molecule has 0 aliphatic carbocycles. The van der Waals surface area contributed by atoms with E-state index >= 15 is 0 Å². The van der Waals surface area contributed by atoms with Gasteiger partial charge in [-0.15, -0.1) is 0 Å². The normalized spacial score (nSPS) is 11.0. The minimum atomic E-state index is -0.108. The third kappa shape index (κ3) is 2.01. The molecule has 2 aromatic heterocycles. The SMILES string of the molecule is CC(=O)N/C=C\n1cnc2cccnc21. The van der Waals surface area contributed by atoms with Crippen LogP contribution in [0.2, 0.25) is 0 Å². The molecule has 0 bridgehead atoms. The summed E-state index contributed by atoms with van der Waals surface area (Å²) in [5, 5.41) is 2.55. The monoisotopic (exact) mass is 202 g/mol. The lowest BCUT2D eigenvalue weighted by atomic mass is 10.4. The largest absolute Gasteiger partial charge is 0.331 e. The molecule has 76 valence electrons. The molecule has 0 atom stereocenters. The highest BCUT2D eigenvalue weighted by atomic mass is 16.1. The summed E-state index contributed by atoms with van der Waals surface area (Å²) in [7, 11) is 0. The predicted molar refractivity (Wildman–Crippen MR) is 56.7 cm³/mol. The van der Waals surface area contributed by atoms with Crippen LogP contribution in [0.15, 0.2) is 30.9 Å². The molecule has 2 heterocycles. The molecular weight excluding hydrogens is 192 g/mol. The van der Waals surface area contributed by atoms with Gasteiger partial charge in [0.15, 0.2) is 5.65 Å². The zero-order chi connectivity index (χ0) is 10.7. The summed E-state index contributed by atoms with van der Waals surface area (Å²) in [6.45, 7) is 1.45. The number of aromatic nitrogens is 3. The van der Waals surface area contributed by atoms with Crippen LogP contribution in [0.4, 0.5) is 0 Å². The van der Waals surface area contributed by atoms with Crippen molar-refractivity contribution >= 4 is 23.3 Å². The molecule has 2 rings (SSSR count). The van der Waals surface area contributed by atoms with Crippen molar-refractivity contribution in [1.82, 2.24) is 19.9 Å². The van der Waals surface area contributed by atoms with Gasteiger partial charge in [-0.25, -0.2) is 9.97 Å². The van der Waals surface area contributed by atoms with E-state index in [-0.39, 0.29) is 5.91 Å². The Hall–Kier alpha value is -2.17. The number of nitrogens with zero attached hydrogens (tertiary/aromatic N) is 3. The maximum Gasteiger partial charge on any atom is 0.220 e. The Bertz CT molecular complexity index is 515. The van der Waals surface area contributed by atoms with Gasteiger partial charge < -0.3 is 5.32 Å². The standard InChI is InChI=1S/C10H10N4O/c1-8(15)11-5-6-14-7-13-9-3-2-4-12-10(9)14/h2-7H,1H3,(H,11,15)/b6-5-. The van der Waals surface area contributed by atoms with E-state index in [9.17, 15) is 4.79 Å². The highest BCUT2D eigenvalue weighted by molar-refractivity contribution is 5.75. The van der Waals surface area contributed by atoms with Gasteiger partial charge in [0.1, 0.15) is 11.8 Å². The number of nitrogens with one attached hydrogen (secondary N) is 1. The zero-order valence-electron chi connectivity index (χ0n) is 8.21. The lowest BCUT2D eigenvalue weighted by Crippen LogP contribution is -2.11. The molecule has 0 saturated heterocycles. The molecule has 1 N–H and O–H groups in total. The number of carbonyl (C=O) groups is 1. The number of carbonyl (C=O) groups excluding carboxylic acids is 1. The van der Waals surface area contributed by atoms with E-state index in [4.69, 9.17) is 0 Å². The number of rotatable bonds is 2. The molecule has 0 aromatic carbocycles. The van der Waals surface area contributed by atoms with Gasteiger partial charge in [-0.2, -0.15) is 0 Å². The average Bonchev–Trinajstić information content (AvgIpc) is 2.62. The summed E-state index contributed by atoms with van der Waals surface area (Å²) in [6, 6.07) is 3.71. The summed E-state index contributed by atoms with van der Waals surface area (Å²) in [4.78, 5) is 19.0. The van der Waals surface area contributed by atoms with E-state index in [0.29, 0.717) is 0 Å². The molecule has 2 aromatic rings. The molecule has 5 heteroatoms. The molecule has 0 spiro atoms. The molecule has 0 radical (unpaired) electrons. The Kier molecular flexibility index (Phi) is 2.45. The highest BCUT2D eigenvalue weighted by Crippen LogP contribution is 2.08. The topological polar surface area (TPSA) is 59.8 Å². The average molecular weight is 202 g/mol. The van der Waals surface area contributed by atoms with Crippen molar-refractivity contribution in [2.75, 3.05) is 0 Å². The van der Waals surface area contributed by atoms with Crippen LogP contribution in [0, 0.1) is 0 Å². The Labute approximate surface area is 86.5 Å². The summed E-state index contributed by atoms with van der Waals surface area (Å²) in [5.74, 6) is -0.108. The minimum Gasteiger partial charge on any atom is -0.331 e. The number of hydrogen-bond acceptors (Lipinski definition) is 3. The second kappa shape index (κ2) is 3.91. The third-order valence-corrected chi connectivity index (χ3v) is 1.85. The van der Waals surface area contributed by atoms with Crippen molar-refractivity contribution in [3.05, 3.63) is 30.9 Å². The first-order valence-electron chi connectivity index (χ1n) is 4.49. The van der Waals surface area contributed by atoms with Crippen molar-refractivity contribution in [3.8, 4) is 0 Å². The van der Waals surface area contributed by atoms with Crippen LogP contribution in [-0.4, -0.2) is 20.4 Å². The Morgan fingerprint density at radius 2 is 2.40 bits per heavy atom. The van der Waals surface area contributed by atoms with Crippen LogP contribution in [0.25, 0.3) is 17.4 Å². The van der Waals surface area contributed by atoms with Crippen molar-refractivity contribution in [2.45, 2.75) is 6.92 Å². The fraction of sp³-hybridized carbons (Fsp3) is 0.100. The quantitative estimate of drug-likeness (QED) is 0.790. The Morgan fingerprint density at radius 3 is 3.20 bits per heavy atom. The second-order valence-electron chi connectivity index (χ2n) is 3.01. The van der Waals surface area contributed by atoms with Crippen molar-refractivity contribution in [2.24, 2.45) is 0 Å². The Balaban J connectivity index is 2.28. The maximum absolute atomic E-state index is 10.6. The van der Waals surface area contributed by atoms with Gasteiger partial charge in [0, 0.05) is 25.5 Å². The molecular formula is C10H10N4O. The first-order chi connectivity index (χ1) is 7.27. The lowest BCUT2D eigenvalue weighted by Gasteiger charge is -1.95. The van der Waals surface area contributed by atoms with Gasteiger partial charge in [0.2, 0.25) is 5.91 Å². The number of fused-ring (bicyclic) bond motifs is 1. The van der Waals surface area contributed by atoms with Crippen LogP contribution in [0.3, 0.4) is 0 Å². The fourth-order valence-corrected chi connectivity index (χ4v) is 1.21. The van der Waals surface area contributed by atoms with E-state index in [0.717, 1.165) is 11.2 Å². The number of pyridine rings is 1. The van der Waals surface area contributed by atoms with Crippen LogP contribution >= 0.6 is 0 Å². The van der Waals surface area contributed by atoms with E-state index in [1.54, 1.807) is 29.5 Å². The van der Waals surface area contributed by atoms with E-state index in [1.165, 1.54) is 6.92 Å². The highest BCUT2D eigenvalue weighted by Gasteiger charge is 1.98. The molecule has 1 amide bonds. The number of imidazole rings is 1. The van der Waals surface area contributed by atoms with Crippen molar-refractivity contribution in [3.63, 3.8) is 0 Å². The molecule has 0 unspecified atom stereocenters. The van der Waals surface area contributed by atoms with E-state index in [2.05, 4.69) is 15.3 Å². The van der Waals surface area contributed by atoms with Gasteiger partial charge in [-0.1, -0.05) is 0 Å². The minimum absolute atomic E-state index is 0.108.